The third-order valence-corrected chi connectivity index (χ3v) is 5.12. The molecule has 3 nitrogen and oxygen atoms in total. The molecule has 2 aliphatic rings. The van der Waals surface area contributed by atoms with Crippen LogP contribution in [0.3, 0.4) is 0 Å². The van der Waals surface area contributed by atoms with E-state index in [2.05, 4.69) is 43.0 Å². The first-order valence-corrected chi connectivity index (χ1v) is 8.78. The second kappa shape index (κ2) is 5.28. The van der Waals surface area contributed by atoms with Crippen molar-refractivity contribution in [2.45, 2.75) is 26.2 Å². The Hall–Kier alpha value is -2.94. The van der Waals surface area contributed by atoms with Gasteiger partial charge in [-0.05, 0) is 54.3 Å². The molecular weight excluding hydrogens is 310 g/mol. The highest BCUT2D eigenvalue weighted by Gasteiger charge is 2.34. The van der Waals surface area contributed by atoms with Crippen LogP contribution >= 0.6 is 0 Å². The number of benzene rings is 3. The van der Waals surface area contributed by atoms with E-state index in [1.807, 2.05) is 36.4 Å². The predicted molar refractivity (Wildman–Crippen MR) is 100.0 cm³/mol. The minimum absolute atomic E-state index is 0.455. The van der Waals surface area contributed by atoms with Gasteiger partial charge in [-0.2, -0.15) is 0 Å². The smallest absolute Gasteiger partial charge is 0.155 e. The molecule has 0 N–H and O–H groups in total. The minimum atomic E-state index is 0.455. The standard InChI is InChI=1S/C22H19NO2/c1-3-14(2)15-12-20-22-21(13-15)25-19-11-7-5-9-17(19)23(22)16-8-4-6-10-18(16)24-20/h4-14H,3H2,1-2H3. The van der Waals surface area contributed by atoms with Gasteiger partial charge in [0.1, 0.15) is 5.69 Å². The highest BCUT2D eigenvalue weighted by atomic mass is 16.5. The maximum absolute atomic E-state index is 6.25. The van der Waals surface area contributed by atoms with E-state index in [0.717, 1.165) is 46.5 Å². The lowest BCUT2D eigenvalue weighted by atomic mass is 9.96. The Morgan fingerprint density at radius 2 is 1.32 bits per heavy atom. The Bertz CT molecular complexity index is 909. The quantitative estimate of drug-likeness (QED) is 0.352. The number of nitrogens with zero attached hydrogens (tertiary/aromatic N) is 1. The summed E-state index contributed by atoms with van der Waals surface area (Å²) < 4.78 is 12.5. The molecule has 25 heavy (non-hydrogen) atoms. The monoisotopic (exact) mass is 329 g/mol. The van der Waals surface area contributed by atoms with E-state index in [0.29, 0.717) is 5.92 Å². The van der Waals surface area contributed by atoms with Crippen molar-refractivity contribution in [2.75, 3.05) is 4.90 Å². The second-order valence-corrected chi connectivity index (χ2v) is 6.65. The summed E-state index contributed by atoms with van der Waals surface area (Å²) in [5.74, 6) is 3.93. The molecule has 3 aromatic carbocycles. The lowest BCUT2D eigenvalue weighted by Crippen LogP contribution is -2.20. The zero-order chi connectivity index (χ0) is 17.0. The van der Waals surface area contributed by atoms with Gasteiger partial charge >= 0.3 is 0 Å². The van der Waals surface area contributed by atoms with E-state index >= 15 is 0 Å². The van der Waals surface area contributed by atoms with Crippen LogP contribution in [-0.2, 0) is 0 Å². The molecule has 3 aromatic rings. The number of hydrogen-bond acceptors (Lipinski definition) is 3. The summed E-state index contributed by atoms with van der Waals surface area (Å²) in [5, 5.41) is 0. The van der Waals surface area contributed by atoms with E-state index in [1.165, 1.54) is 5.56 Å². The number of anilines is 3. The molecule has 0 aromatic heterocycles. The molecule has 0 saturated heterocycles. The van der Waals surface area contributed by atoms with Crippen LogP contribution in [-0.4, -0.2) is 0 Å². The summed E-state index contributed by atoms with van der Waals surface area (Å²) in [6.45, 7) is 4.44. The van der Waals surface area contributed by atoms with Crippen molar-refractivity contribution in [1.82, 2.24) is 0 Å². The van der Waals surface area contributed by atoms with Gasteiger partial charge in [0.15, 0.2) is 23.0 Å². The number of para-hydroxylation sites is 4. The Kier molecular flexibility index (Phi) is 3.04. The van der Waals surface area contributed by atoms with Crippen LogP contribution < -0.4 is 14.4 Å². The average Bonchev–Trinajstić information content (AvgIpc) is 2.66. The first-order valence-electron chi connectivity index (χ1n) is 8.78. The molecule has 0 fully saturated rings. The van der Waals surface area contributed by atoms with Crippen molar-refractivity contribution in [3.8, 4) is 23.0 Å². The predicted octanol–water partition coefficient (Wildman–Crippen LogP) is 6.88. The lowest BCUT2D eigenvalue weighted by molar-refractivity contribution is 0.443. The molecule has 0 bridgehead atoms. The molecule has 3 heteroatoms. The molecule has 124 valence electrons. The van der Waals surface area contributed by atoms with Gasteiger partial charge in [-0.3, -0.25) is 4.90 Å². The number of ether oxygens (including phenoxy) is 2. The molecule has 5 rings (SSSR count). The van der Waals surface area contributed by atoms with Crippen molar-refractivity contribution in [3.05, 3.63) is 66.2 Å². The van der Waals surface area contributed by atoms with E-state index in [-0.39, 0.29) is 0 Å². The third kappa shape index (κ3) is 2.05. The van der Waals surface area contributed by atoms with Crippen molar-refractivity contribution >= 4 is 17.1 Å². The molecule has 2 heterocycles. The van der Waals surface area contributed by atoms with Gasteiger partial charge in [0.05, 0.1) is 11.4 Å². The van der Waals surface area contributed by atoms with Crippen LogP contribution in [0.15, 0.2) is 60.7 Å². The first-order chi connectivity index (χ1) is 12.3. The van der Waals surface area contributed by atoms with Crippen LogP contribution in [0.4, 0.5) is 17.1 Å². The van der Waals surface area contributed by atoms with E-state index in [4.69, 9.17) is 9.47 Å². The van der Waals surface area contributed by atoms with E-state index in [1.54, 1.807) is 0 Å². The lowest BCUT2D eigenvalue weighted by Gasteiger charge is -2.38. The van der Waals surface area contributed by atoms with Crippen molar-refractivity contribution in [3.63, 3.8) is 0 Å². The van der Waals surface area contributed by atoms with Crippen LogP contribution in [0.25, 0.3) is 0 Å². The minimum Gasteiger partial charge on any atom is -0.453 e. The van der Waals surface area contributed by atoms with Gasteiger partial charge in [-0.1, -0.05) is 38.1 Å². The molecule has 0 amide bonds. The second-order valence-electron chi connectivity index (χ2n) is 6.65. The van der Waals surface area contributed by atoms with Crippen LogP contribution in [0.2, 0.25) is 0 Å². The fourth-order valence-electron chi connectivity index (χ4n) is 3.56. The van der Waals surface area contributed by atoms with Crippen LogP contribution in [0.1, 0.15) is 31.7 Å². The fraction of sp³-hybridized carbons (Fsp3) is 0.182. The SMILES string of the molecule is CCC(C)c1cc2c3c(c1)Oc1ccccc1N3c1ccccc1O2. The molecule has 0 spiro atoms. The van der Waals surface area contributed by atoms with Gasteiger partial charge < -0.3 is 9.47 Å². The third-order valence-electron chi connectivity index (χ3n) is 5.12. The highest BCUT2D eigenvalue weighted by molar-refractivity contribution is 5.93. The van der Waals surface area contributed by atoms with Crippen molar-refractivity contribution in [2.24, 2.45) is 0 Å². The molecular formula is C22H19NO2. The van der Waals surface area contributed by atoms with E-state index < -0.39 is 0 Å². The zero-order valence-corrected chi connectivity index (χ0v) is 14.3. The van der Waals surface area contributed by atoms with Gasteiger partial charge in [-0.15, -0.1) is 0 Å². The average molecular weight is 329 g/mol. The Labute approximate surface area is 147 Å². The van der Waals surface area contributed by atoms with Crippen molar-refractivity contribution in [1.29, 1.82) is 0 Å². The number of rotatable bonds is 2. The summed E-state index contributed by atoms with van der Waals surface area (Å²) in [4.78, 5) is 2.25. The fourth-order valence-corrected chi connectivity index (χ4v) is 3.56. The Morgan fingerprint density at radius 1 is 0.800 bits per heavy atom. The Morgan fingerprint density at radius 3 is 1.84 bits per heavy atom. The Balaban J connectivity index is 1.80. The van der Waals surface area contributed by atoms with Crippen LogP contribution in [0, 0.1) is 0 Å². The highest BCUT2D eigenvalue weighted by Crippen LogP contribution is 2.60. The van der Waals surface area contributed by atoms with Gasteiger partial charge in [0.2, 0.25) is 0 Å². The first kappa shape index (κ1) is 14.4. The molecule has 0 saturated carbocycles. The van der Waals surface area contributed by atoms with E-state index in [9.17, 15) is 0 Å². The molecule has 1 atom stereocenters. The number of fused-ring (bicyclic) bond motifs is 4. The van der Waals surface area contributed by atoms with Crippen LogP contribution in [0.5, 0.6) is 23.0 Å². The summed E-state index contributed by atoms with van der Waals surface area (Å²) in [5.41, 5.74) is 4.32. The summed E-state index contributed by atoms with van der Waals surface area (Å²) in [7, 11) is 0. The summed E-state index contributed by atoms with van der Waals surface area (Å²) >= 11 is 0. The zero-order valence-electron chi connectivity index (χ0n) is 14.3. The largest absolute Gasteiger partial charge is 0.453 e. The van der Waals surface area contributed by atoms with Gasteiger partial charge in [0.25, 0.3) is 0 Å². The molecule has 0 radical (unpaired) electrons. The normalized spacial score (nSPS) is 14.6. The molecule has 2 aliphatic heterocycles. The number of hydrogen-bond donors (Lipinski definition) is 0. The molecule has 0 aliphatic carbocycles. The summed E-state index contributed by atoms with van der Waals surface area (Å²) in [6.07, 6.45) is 1.08. The van der Waals surface area contributed by atoms with Crippen molar-refractivity contribution < 1.29 is 9.47 Å². The molecule has 1 unspecified atom stereocenters. The maximum Gasteiger partial charge on any atom is 0.155 e. The van der Waals surface area contributed by atoms with Gasteiger partial charge in [0, 0.05) is 0 Å². The topological polar surface area (TPSA) is 21.7 Å². The maximum atomic E-state index is 6.25. The summed E-state index contributed by atoms with van der Waals surface area (Å²) in [6, 6.07) is 20.6. The van der Waals surface area contributed by atoms with Gasteiger partial charge in [-0.25, -0.2) is 0 Å².